The predicted molar refractivity (Wildman–Crippen MR) is 186 cm³/mol. The van der Waals surface area contributed by atoms with Crippen LogP contribution in [-0.2, 0) is 5.41 Å². The van der Waals surface area contributed by atoms with Gasteiger partial charge >= 0.3 is 0 Å². The first kappa shape index (κ1) is 24.7. The van der Waals surface area contributed by atoms with Crippen molar-refractivity contribution >= 4 is 49.5 Å². The molecule has 0 saturated heterocycles. The zero-order chi connectivity index (χ0) is 29.9. The minimum atomic E-state index is -0.0119. The standard InChI is InChI=1S/C42H28N2O/c1-42(2)34-12-6-5-9-29(34)30-21-19-28(24-35(30)42)26-17-15-25(16-18-26)27-20-22-38-33(23-27)39-40(45-38)31-10-3-4-11-32(31)41-43-36-13-7-8-14-37(36)44(39)41/h3-24H,1-2H3. The van der Waals surface area contributed by atoms with Crippen LogP contribution in [0.1, 0.15) is 25.0 Å². The molecule has 0 atom stereocenters. The molecule has 9 aromatic rings. The highest BCUT2D eigenvalue weighted by Gasteiger charge is 2.35. The van der Waals surface area contributed by atoms with Gasteiger partial charge in [0.2, 0.25) is 0 Å². The molecule has 0 unspecified atom stereocenters. The molecule has 0 N–H and O–H groups in total. The Kier molecular flexibility index (Phi) is 4.79. The molecule has 0 fully saturated rings. The molecule has 45 heavy (non-hydrogen) atoms. The number of para-hydroxylation sites is 2. The summed E-state index contributed by atoms with van der Waals surface area (Å²) < 4.78 is 8.87. The van der Waals surface area contributed by atoms with Crippen molar-refractivity contribution in [2.45, 2.75) is 19.3 Å². The Morgan fingerprint density at radius 2 is 1.20 bits per heavy atom. The van der Waals surface area contributed by atoms with Crippen LogP contribution in [0.4, 0.5) is 0 Å². The van der Waals surface area contributed by atoms with Crippen molar-refractivity contribution in [3.8, 4) is 33.4 Å². The average molecular weight is 577 g/mol. The molecule has 0 bridgehead atoms. The molecular weight excluding hydrogens is 548 g/mol. The van der Waals surface area contributed by atoms with Crippen LogP contribution in [0.3, 0.4) is 0 Å². The number of hydrogen-bond acceptors (Lipinski definition) is 2. The van der Waals surface area contributed by atoms with Crippen LogP contribution < -0.4 is 0 Å². The third kappa shape index (κ3) is 3.33. The van der Waals surface area contributed by atoms with Crippen LogP contribution in [0, 0.1) is 0 Å². The van der Waals surface area contributed by atoms with E-state index in [4.69, 9.17) is 9.40 Å². The zero-order valence-corrected chi connectivity index (χ0v) is 25.0. The largest absolute Gasteiger partial charge is 0.454 e. The van der Waals surface area contributed by atoms with Crippen molar-refractivity contribution in [2.75, 3.05) is 0 Å². The highest BCUT2D eigenvalue weighted by Crippen LogP contribution is 2.49. The van der Waals surface area contributed by atoms with Gasteiger partial charge in [-0.1, -0.05) is 117 Å². The maximum Gasteiger partial charge on any atom is 0.160 e. The highest BCUT2D eigenvalue weighted by atomic mass is 16.3. The first-order valence-electron chi connectivity index (χ1n) is 15.6. The Morgan fingerprint density at radius 1 is 0.556 bits per heavy atom. The van der Waals surface area contributed by atoms with Crippen LogP contribution in [0.5, 0.6) is 0 Å². The van der Waals surface area contributed by atoms with Gasteiger partial charge in [0.05, 0.1) is 11.0 Å². The fraction of sp³-hybridized carbons (Fsp3) is 0.0714. The monoisotopic (exact) mass is 576 g/mol. The molecule has 10 rings (SSSR count). The van der Waals surface area contributed by atoms with Crippen LogP contribution in [-0.4, -0.2) is 9.38 Å². The number of fused-ring (bicyclic) bond motifs is 13. The molecule has 3 heterocycles. The Morgan fingerprint density at radius 3 is 2.04 bits per heavy atom. The maximum absolute atomic E-state index is 6.59. The molecule has 0 amide bonds. The first-order valence-corrected chi connectivity index (χ1v) is 15.6. The van der Waals surface area contributed by atoms with Crippen LogP contribution >= 0.6 is 0 Å². The van der Waals surface area contributed by atoms with Crippen molar-refractivity contribution in [1.82, 2.24) is 9.38 Å². The molecule has 1 aliphatic carbocycles. The average Bonchev–Trinajstić information content (AvgIpc) is 3.73. The van der Waals surface area contributed by atoms with E-state index in [9.17, 15) is 0 Å². The Labute approximate surface area is 260 Å². The number of furan rings is 1. The van der Waals surface area contributed by atoms with E-state index in [-0.39, 0.29) is 5.41 Å². The summed E-state index contributed by atoms with van der Waals surface area (Å²) in [5, 5.41) is 3.26. The minimum absolute atomic E-state index is 0.0119. The molecular formula is C42H28N2O. The van der Waals surface area contributed by atoms with Crippen LogP contribution in [0.15, 0.2) is 138 Å². The third-order valence-corrected chi connectivity index (χ3v) is 9.99. The second-order valence-electron chi connectivity index (χ2n) is 12.8. The van der Waals surface area contributed by atoms with Gasteiger partial charge in [-0.15, -0.1) is 0 Å². The van der Waals surface area contributed by atoms with Gasteiger partial charge in [-0.25, -0.2) is 4.98 Å². The summed E-state index contributed by atoms with van der Waals surface area (Å²) in [6, 6.07) is 48.1. The van der Waals surface area contributed by atoms with Gasteiger partial charge in [-0.2, -0.15) is 0 Å². The molecule has 0 spiro atoms. The summed E-state index contributed by atoms with van der Waals surface area (Å²) in [6.07, 6.45) is 0. The van der Waals surface area contributed by atoms with Gasteiger partial charge in [0.15, 0.2) is 5.58 Å². The fourth-order valence-electron chi connectivity index (χ4n) is 7.72. The predicted octanol–water partition coefficient (Wildman–Crippen LogP) is 11.2. The normalized spacial score (nSPS) is 13.7. The van der Waals surface area contributed by atoms with Crippen LogP contribution in [0.25, 0.3) is 82.9 Å². The van der Waals surface area contributed by atoms with E-state index < -0.39 is 0 Å². The summed E-state index contributed by atoms with van der Waals surface area (Å²) in [7, 11) is 0. The molecule has 212 valence electrons. The zero-order valence-electron chi connectivity index (χ0n) is 25.0. The van der Waals surface area contributed by atoms with E-state index >= 15 is 0 Å². The van der Waals surface area contributed by atoms with Gasteiger partial charge in [0, 0.05) is 21.6 Å². The first-order chi connectivity index (χ1) is 22.1. The highest BCUT2D eigenvalue weighted by molar-refractivity contribution is 6.19. The number of pyridine rings is 1. The molecule has 3 aromatic heterocycles. The van der Waals surface area contributed by atoms with Crippen molar-refractivity contribution in [3.63, 3.8) is 0 Å². The molecule has 0 radical (unpaired) electrons. The van der Waals surface area contributed by atoms with Gasteiger partial charge in [0.25, 0.3) is 0 Å². The van der Waals surface area contributed by atoms with Gasteiger partial charge in [-0.05, 0) is 74.8 Å². The van der Waals surface area contributed by atoms with Crippen molar-refractivity contribution in [3.05, 3.63) is 145 Å². The number of hydrogen-bond donors (Lipinski definition) is 0. The Hall–Kier alpha value is -5.67. The fourth-order valence-corrected chi connectivity index (χ4v) is 7.72. The second-order valence-corrected chi connectivity index (χ2v) is 12.8. The molecule has 0 aliphatic heterocycles. The number of imidazole rings is 1. The SMILES string of the molecule is CC1(C)c2ccccc2-c2ccc(-c3ccc(-c4ccc5oc6c7ccccc7c7nc8ccccc8n7c6c5c4)cc3)cc21. The van der Waals surface area contributed by atoms with Gasteiger partial charge < -0.3 is 4.42 Å². The molecule has 3 heteroatoms. The topological polar surface area (TPSA) is 30.4 Å². The number of benzene rings is 6. The van der Waals surface area contributed by atoms with E-state index in [1.807, 2.05) is 6.07 Å². The summed E-state index contributed by atoms with van der Waals surface area (Å²) in [6.45, 7) is 4.67. The minimum Gasteiger partial charge on any atom is -0.454 e. The molecule has 3 nitrogen and oxygen atoms in total. The van der Waals surface area contributed by atoms with E-state index in [2.05, 4.69) is 146 Å². The van der Waals surface area contributed by atoms with Crippen molar-refractivity contribution in [2.24, 2.45) is 0 Å². The maximum atomic E-state index is 6.59. The lowest BCUT2D eigenvalue weighted by atomic mass is 9.81. The van der Waals surface area contributed by atoms with E-state index in [0.717, 1.165) is 55.1 Å². The third-order valence-electron chi connectivity index (χ3n) is 9.99. The van der Waals surface area contributed by atoms with Gasteiger partial charge in [-0.3, -0.25) is 4.40 Å². The summed E-state index contributed by atoms with van der Waals surface area (Å²) in [4.78, 5) is 5.06. The molecule has 1 aliphatic rings. The van der Waals surface area contributed by atoms with Crippen molar-refractivity contribution < 1.29 is 4.42 Å². The molecule has 0 saturated carbocycles. The van der Waals surface area contributed by atoms with E-state index in [1.54, 1.807) is 0 Å². The Balaban J connectivity index is 1.11. The number of aromatic nitrogens is 2. The van der Waals surface area contributed by atoms with E-state index in [1.165, 1.54) is 38.9 Å². The lowest BCUT2D eigenvalue weighted by Crippen LogP contribution is -2.14. The van der Waals surface area contributed by atoms with Crippen LogP contribution in [0.2, 0.25) is 0 Å². The number of nitrogens with zero attached hydrogens (tertiary/aromatic N) is 2. The second kappa shape index (κ2) is 8.71. The lowest BCUT2D eigenvalue weighted by molar-refractivity contribution is 0.660. The van der Waals surface area contributed by atoms with Crippen molar-refractivity contribution in [1.29, 1.82) is 0 Å². The summed E-state index contributed by atoms with van der Waals surface area (Å²) in [5.74, 6) is 0. The lowest BCUT2D eigenvalue weighted by Gasteiger charge is -2.22. The summed E-state index contributed by atoms with van der Waals surface area (Å²) in [5.41, 5.74) is 16.2. The van der Waals surface area contributed by atoms with Gasteiger partial charge in [0.1, 0.15) is 16.7 Å². The Bertz CT molecular complexity index is 2670. The quantitative estimate of drug-likeness (QED) is 0.205. The number of rotatable bonds is 2. The smallest absolute Gasteiger partial charge is 0.160 e. The molecule has 6 aromatic carbocycles. The van der Waals surface area contributed by atoms with E-state index in [0.29, 0.717) is 0 Å². The summed E-state index contributed by atoms with van der Waals surface area (Å²) >= 11 is 0.